The SMILES string of the molecule is CC(=O)N[C@H](C=O)[C@@H](OS(=O)(=O)O)[C@H](O)[C@H](O)CO. The molecule has 0 aliphatic carbocycles. The number of carbonyl (C=O) groups is 2. The number of amides is 1. The number of carbonyl (C=O) groups excluding carboxylic acids is 2. The van der Waals surface area contributed by atoms with Crippen LogP contribution < -0.4 is 5.32 Å². The van der Waals surface area contributed by atoms with Gasteiger partial charge in [0.05, 0.1) is 6.61 Å². The van der Waals surface area contributed by atoms with Crippen LogP contribution in [0.25, 0.3) is 0 Å². The van der Waals surface area contributed by atoms with Crippen molar-refractivity contribution in [2.45, 2.75) is 31.3 Å². The summed E-state index contributed by atoms with van der Waals surface area (Å²) in [5, 5.41) is 29.3. The van der Waals surface area contributed by atoms with Crippen molar-refractivity contribution >= 4 is 22.6 Å². The highest BCUT2D eigenvalue weighted by molar-refractivity contribution is 7.80. The fraction of sp³-hybridized carbons (Fsp3) is 0.750. The van der Waals surface area contributed by atoms with Crippen molar-refractivity contribution in [2.75, 3.05) is 6.61 Å². The van der Waals surface area contributed by atoms with Crippen molar-refractivity contribution in [2.24, 2.45) is 0 Å². The van der Waals surface area contributed by atoms with Crippen LogP contribution in [-0.2, 0) is 24.2 Å². The van der Waals surface area contributed by atoms with E-state index in [2.05, 4.69) is 4.18 Å². The van der Waals surface area contributed by atoms with E-state index in [1.165, 1.54) is 0 Å². The van der Waals surface area contributed by atoms with E-state index in [9.17, 15) is 28.2 Å². The van der Waals surface area contributed by atoms with Gasteiger partial charge in [-0.15, -0.1) is 0 Å². The summed E-state index contributed by atoms with van der Waals surface area (Å²) < 4.78 is 33.8. The average Bonchev–Trinajstić information content (AvgIpc) is 2.29. The lowest BCUT2D eigenvalue weighted by molar-refractivity contribution is -0.128. The molecule has 0 aromatic rings. The smallest absolute Gasteiger partial charge is 0.394 e. The largest absolute Gasteiger partial charge is 0.397 e. The van der Waals surface area contributed by atoms with Crippen LogP contribution in [0.4, 0.5) is 0 Å². The third-order valence-corrected chi connectivity index (χ3v) is 2.49. The minimum Gasteiger partial charge on any atom is -0.394 e. The molecule has 19 heavy (non-hydrogen) atoms. The Morgan fingerprint density at radius 2 is 1.95 bits per heavy atom. The monoisotopic (exact) mass is 301 g/mol. The molecule has 5 N–H and O–H groups in total. The van der Waals surface area contributed by atoms with Crippen LogP contribution in [0.5, 0.6) is 0 Å². The van der Waals surface area contributed by atoms with Gasteiger partial charge in [0, 0.05) is 6.92 Å². The Kier molecular flexibility index (Phi) is 7.04. The molecule has 0 aromatic heterocycles. The molecule has 10 nitrogen and oxygen atoms in total. The van der Waals surface area contributed by atoms with Crippen molar-refractivity contribution in [1.29, 1.82) is 0 Å². The molecular formula is C8H15NO9S. The fourth-order valence-electron chi connectivity index (χ4n) is 1.22. The van der Waals surface area contributed by atoms with E-state index >= 15 is 0 Å². The molecule has 0 saturated heterocycles. The number of nitrogens with one attached hydrogen (secondary N) is 1. The maximum atomic E-state index is 10.8. The molecule has 4 atom stereocenters. The number of aliphatic hydroxyl groups is 3. The summed E-state index contributed by atoms with van der Waals surface area (Å²) in [5.74, 6) is -0.744. The Morgan fingerprint density at radius 3 is 2.26 bits per heavy atom. The number of aliphatic hydroxyl groups excluding tert-OH is 3. The second-order valence-corrected chi connectivity index (χ2v) is 4.64. The van der Waals surface area contributed by atoms with Crippen LogP contribution in [0, 0.1) is 0 Å². The Balaban J connectivity index is 5.23. The summed E-state index contributed by atoms with van der Waals surface area (Å²) in [7, 11) is -5.06. The van der Waals surface area contributed by atoms with Crippen LogP contribution in [0.3, 0.4) is 0 Å². The molecule has 0 bridgehead atoms. The molecule has 0 saturated carbocycles. The van der Waals surface area contributed by atoms with Crippen molar-refractivity contribution < 1.29 is 42.1 Å². The zero-order chi connectivity index (χ0) is 15.2. The Morgan fingerprint density at radius 1 is 1.42 bits per heavy atom. The fourth-order valence-corrected chi connectivity index (χ4v) is 1.74. The summed E-state index contributed by atoms with van der Waals surface area (Å²) in [4.78, 5) is 21.6. The van der Waals surface area contributed by atoms with Gasteiger partial charge in [-0.1, -0.05) is 0 Å². The second-order valence-electron chi connectivity index (χ2n) is 3.59. The van der Waals surface area contributed by atoms with Gasteiger partial charge >= 0.3 is 10.4 Å². The van der Waals surface area contributed by atoms with Crippen molar-refractivity contribution in [1.82, 2.24) is 5.32 Å². The number of aldehydes is 1. The summed E-state index contributed by atoms with van der Waals surface area (Å²) >= 11 is 0. The minimum absolute atomic E-state index is 0.0462. The molecular weight excluding hydrogens is 286 g/mol. The zero-order valence-electron chi connectivity index (χ0n) is 9.83. The van der Waals surface area contributed by atoms with Gasteiger partial charge in [0.2, 0.25) is 5.91 Å². The topological polar surface area (TPSA) is 170 Å². The number of hydrogen-bond acceptors (Lipinski definition) is 8. The van der Waals surface area contributed by atoms with Crippen molar-refractivity contribution in [3.8, 4) is 0 Å². The van der Waals surface area contributed by atoms with Crippen LogP contribution in [-0.4, -0.2) is 71.4 Å². The average molecular weight is 301 g/mol. The maximum absolute atomic E-state index is 10.8. The van der Waals surface area contributed by atoms with E-state index < -0.39 is 47.3 Å². The highest BCUT2D eigenvalue weighted by Gasteiger charge is 2.37. The lowest BCUT2D eigenvalue weighted by atomic mass is 10.0. The van der Waals surface area contributed by atoms with Crippen LogP contribution in [0.15, 0.2) is 0 Å². The lowest BCUT2D eigenvalue weighted by Gasteiger charge is -2.28. The molecule has 112 valence electrons. The van der Waals surface area contributed by atoms with Gasteiger partial charge in [0.15, 0.2) is 0 Å². The summed E-state index contributed by atoms with van der Waals surface area (Å²) in [6, 6.07) is -1.66. The van der Waals surface area contributed by atoms with E-state index in [0.717, 1.165) is 6.92 Å². The van der Waals surface area contributed by atoms with Crippen LogP contribution in [0.1, 0.15) is 6.92 Å². The normalized spacial score (nSPS) is 18.2. The Hall–Kier alpha value is -1.11. The maximum Gasteiger partial charge on any atom is 0.397 e. The van der Waals surface area contributed by atoms with E-state index in [-0.39, 0.29) is 6.29 Å². The third kappa shape index (κ3) is 6.56. The van der Waals surface area contributed by atoms with Gasteiger partial charge in [0.1, 0.15) is 30.6 Å². The summed E-state index contributed by atoms with van der Waals surface area (Å²) in [6.45, 7) is 0.0496. The van der Waals surface area contributed by atoms with E-state index in [1.807, 2.05) is 5.32 Å². The minimum atomic E-state index is -5.06. The second kappa shape index (κ2) is 7.47. The zero-order valence-corrected chi connectivity index (χ0v) is 10.6. The van der Waals surface area contributed by atoms with E-state index in [1.54, 1.807) is 0 Å². The molecule has 0 unspecified atom stereocenters. The van der Waals surface area contributed by atoms with Gasteiger partial charge in [-0.3, -0.25) is 9.35 Å². The molecule has 0 radical (unpaired) electrons. The first kappa shape index (κ1) is 17.9. The Bertz CT molecular complexity index is 408. The lowest BCUT2D eigenvalue weighted by Crippen LogP contribution is -2.54. The third-order valence-electron chi connectivity index (χ3n) is 2.02. The standard InChI is InChI=1S/C8H15NO9S/c1-4(12)9-5(2-10)8(18-19(15,16)17)7(14)6(13)3-11/h2,5-8,11,13-14H,3H2,1H3,(H,9,12)(H,15,16,17)/t5-,6-,7-,8-/m1/s1. The molecule has 0 rings (SSSR count). The van der Waals surface area contributed by atoms with E-state index in [4.69, 9.17) is 9.66 Å². The highest BCUT2D eigenvalue weighted by Crippen LogP contribution is 2.11. The molecule has 0 heterocycles. The van der Waals surface area contributed by atoms with Gasteiger partial charge in [-0.2, -0.15) is 8.42 Å². The first-order valence-corrected chi connectivity index (χ1v) is 6.34. The molecule has 0 aromatic carbocycles. The van der Waals surface area contributed by atoms with Crippen LogP contribution >= 0.6 is 0 Å². The molecule has 0 fully saturated rings. The quantitative estimate of drug-likeness (QED) is 0.226. The molecule has 1 amide bonds. The van der Waals surface area contributed by atoms with Crippen LogP contribution in [0.2, 0.25) is 0 Å². The molecule has 0 spiro atoms. The van der Waals surface area contributed by atoms with Gasteiger partial charge in [-0.25, -0.2) is 4.18 Å². The van der Waals surface area contributed by atoms with Crippen molar-refractivity contribution in [3.05, 3.63) is 0 Å². The molecule has 0 aliphatic heterocycles. The number of hydrogen-bond donors (Lipinski definition) is 5. The highest BCUT2D eigenvalue weighted by atomic mass is 32.3. The predicted octanol–water partition coefficient (Wildman–Crippen LogP) is -3.41. The summed E-state index contributed by atoms with van der Waals surface area (Å²) in [6.07, 6.45) is -5.85. The Labute approximate surface area is 109 Å². The van der Waals surface area contributed by atoms with Crippen molar-refractivity contribution in [3.63, 3.8) is 0 Å². The molecule has 0 aliphatic rings. The van der Waals surface area contributed by atoms with E-state index in [0.29, 0.717) is 0 Å². The first-order valence-electron chi connectivity index (χ1n) is 4.97. The molecule has 11 heteroatoms. The van der Waals surface area contributed by atoms with Gasteiger partial charge in [-0.05, 0) is 0 Å². The summed E-state index contributed by atoms with van der Waals surface area (Å²) in [5.41, 5.74) is 0. The van der Waals surface area contributed by atoms with Gasteiger partial charge < -0.3 is 25.4 Å². The predicted molar refractivity (Wildman–Crippen MR) is 59.2 cm³/mol. The number of rotatable bonds is 8. The van der Waals surface area contributed by atoms with Gasteiger partial charge in [0.25, 0.3) is 0 Å². The first-order chi connectivity index (χ1) is 8.62.